The van der Waals surface area contributed by atoms with E-state index >= 15 is 0 Å². The summed E-state index contributed by atoms with van der Waals surface area (Å²) in [6.45, 7) is 3.31. The maximum atomic E-state index is 10.7. The lowest BCUT2D eigenvalue weighted by atomic mass is 10.1. The Morgan fingerprint density at radius 1 is 1.15 bits per heavy atom. The SMILES string of the molecule is O=Cc1ccc(-c2ccc(N3CCOCC3)c(Br)c2)o1. The third kappa shape index (κ3) is 2.64. The highest BCUT2D eigenvalue weighted by atomic mass is 79.9. The quantitative estimate of drug-likeness (QED) is 0.806. The molecule has 1 fully saturated rings. The summed E-state index contributed by atoms with van der Waals surface area (Å²) in [6.07, 6.45) is 0.709. The number of hydrogen-bond donors (Lipinski definition) is 0. The molecule has 5 heteroatoms. The molecule has 0 atom stereocenters. The number of morpholine rings is 1. The van der Waals surface area contributed by atoms with E-state index in [4.69, 9.17) is 9.15 Å². The highest BCUT2D eigenvalue weighted by Crippen LogP contribution is 2.32. The van der Waals surface area contributed by atoms with E-state index in [2.05, 4.69) is 26.9 Å². The van der Waals surface area contributed by atoms with E-state index in [1.54, 1.807) is 12.1 Å². The maximum Gasteiger partial charge on any atom is 0.185 e. The lowest BCUT2D eigenvalue weighted by molar-refractivity contribution is 0.110. The predicted octanol–water partition coefficient (Wildman–Crippen LogP) is 3.36. The van der Waals surface area contributed by atoms with Gasteiger partial charge in [-0.1, -0.05) is 0 Å². The van der Waals surface area contributed by atoms with Crippen molar-refractivity contribution >= 4 is 27.9 Å². The van der Waals surface area contributed by atoms with Crippen LogP contribution < -0.4 is 4.90 Å². The summed E-state index contributed by atoms with van der Waals surface area (Å²) in [4.78, 5) is 12.9. The molecule has 0 aliphatic carbocycles. The molecule has 0 saturated carbocycles. The average molecular weight is 336 g/mol. The number of ether oxygens (including phenoxy) is 1. The second kappa shape index (κ2) is 5.81. The van der Waals surface area contributed by atoms with Gasteiger partial charge in [-0.05, 0) is 46.3 Å². The number of rotatable bonds is 3. The van der Waals surface area contributed by atoms with Crippen LogP contribution in [0.3, 0.4) is 0 Å². The van der Waals surface area contributed by atoms with Gasteiger partial charge in [-0.2, -0.15) is 0 Å². The minimum Gasteiger partial charge on any atom is -0.453 e. The Morgan fingerprint density at radius 3 is 2.60 bits per heavy atom. The van der Waals surface area contributed by atoms with Crippen molar-refractivity contribution in [3.05, 3.63) is 40.6 Å². The number of carbonyl (C=O) groups excluding carboxylic acids is 1. The van der Waals surface area contributed by atoms with Gasteiger partial charge in [0, 0.05) is 23.1 Å². The Hall–Kier alpha value is -1.59. The van der Waals surface area contributed by atoms with E-state index in [0.717, 1.165) is 42.0 Å². The van der Waals surface area contributed by atoms with Crippen molar-refractivity contribution in [2.24, 2.45) is 0 Å². The number of hydrogen-bond acceptors (Lipinski definition) is 4. The molecule has 0 N–H and O–H groups in total. The summed E-state index contributed by atoms with van der Waals surface area (Å²) < 4.78 is 11.8. The molecular formula is C15H14BrNO3. The van der Waals surface area contributed by atoms with Crippen LogP contribution in [-0.4, -0.2) is 32.6 Å². The van der Waals surface area contributed by atoms with E-state index < -0.39 is 0 Å². The summed E-state index contributed by atoms with van der Waals surface area (Å²) in [7, 11) is 0. The molecule has 0 amide bonds. The number of aldehydes is 1. The number of nitrogens with zero attached hydrogens (tertiary/aromatic N) is 1. The van der Waals surface area contributed by atoms with Gasteiger partial charge in [-0.3, -0.25) is 4.79 Å². The van der Waals surface area contributed by atoms with Gasteiger partial charge < -0.3 is 14.1 Å². The highest BCUT2D eigenvalue weighted by Gasteiger charge is 2.15. The lowest BCUT2D eigenvalue weighted by Crippen LogP contribution is -2.36. The minimum atomic E-state index is 0.341. The first-order chi connectivity index (χ1) is 9.78. The molecule has 1 saturated heterocycles. The molecule has 2 aromatic rings. The summed E-state index contributed by atoms with van der Waals surface area (Å²) in [5.74, 6) is 1.04. The molecule has 0 spiro atoms. The van der Waals surface area contributed by atoms with Crippen LogP contribution in [0, 0.1) is 0 Å². The normalized spacial score (nSPS) is 15.3. The zero-order valence-corrected chi connectivity index (χ0v) is 12.4. The van der Waals surface area contributed by atoms with Gasteiger partial charge >= 0.3 is 0 Å². The van der Waals surface area contributed by atoms with Crippen LogP contribution >= 0.6 is 15.9 Å². The van der Waals surface area contributed by atoms with Gasteiger partial charge in [-0.25, -0.2) is 0 Å². The van der Waals surface area contributed by atoms with Crippen molar-refractivity contribution < 1.29 is 13.9 Å². The van der Waals surface area contributed by atoms with Crippen molar-refractivity contribution in [3.63, 3.8) is 0 Å². The van der Waals surface area contributed by atoms with E-state index in [0.29, 0.717) is 17.8 Å². The van der Waals surface area contributed by atoms with Crippen molar-refractivity contribution in [2.75, 3.05) is 31.2 Å². The van der Waals surface area contributed by atoms with Crippen LogP contribution in [0.5, 0.6) is 0 Å². The van der Waals surface area contributed by atoms with Gasteiger partial charge in [0.25, 0.3) is 0 Å². The summed E-state index contributed by atoms with van der Waals surface area (Å²) in [6, 6.07) is 9.56. The number of carbonyl (C=O) groups is 1. The molecule has 3 rings (SSSR count). The summed E-state index contributed by atoms with van der Waals surface area (Å²) in [5.41, 5.74) is 2.10. The summed E-state index contributed by atoms with van der Waals surface area (Å²) in [5, 5.41) is 0. The zero-order valence-electron chi connectivity index (χ0n) is 10.8. The van der Waals surface area contributed by atoms with Crippen LogP contribution in [0.25, 0.3) is 11.3 Å². The van der Waals surface area contributed by atoms with E-state index in [-0.39, 0.29) is 0 Å². The third-order valence-corrected chi connectivity index (χ3v) is 3.96. The molecule has 104 valence electrons. The topological polar surface area (TPSA) is 42.7 Å². The Morgan fingerprint density at radius 2 is 1.95 bits per heavy atom. The third-order valence-electron chi connectivity index (χ3n) is 3.33. The van der Waals surface area contributed by atoms with E-state index in [1.165, 1.54) is 0 Å². The number of anilines is 1. The van der Waals surface area contributed by atoms with Gasteiger partial charge in [0.2, 0.25) is 0 Å². The number of furan rings is 1. The largest absolute Gasteiger partial charge is 0.453 e. The molecule has 1 aromatic heterocycles. The first-order valence-electron chi connectivity index (χ1n) is 6.45. The van der Waals surface area contributed by atoms with Crippen LogP contribution in [0.2, 0.25) is 0 Å². The maximum absolute atomic E-state index is 10.7. The molecule has 1 aliphatic rings. The number of benzene rings is 1. The zero-order chi connectivity index (χ0) is 13.9. The smallest absolute Gasteiger partial charge is 0.185 e. The first-order valence-corrected chi connectivity index (χ1v) is 7.25. The molecule has 1 aromatic carbocycles. The summed E-state index contributed by atoms with van der Waals surface area (Å²) >= 11 is 3.61. The second-order valence-electron chi connectivity index (χ2n) is 4.59. The number of halogens is 1. The van der Waals surface area contributed by atoms with Gasteiger partial charge in [0.05, 0.1) is 18.9 Å². The van der Waals surface area contributed by atoms with Gasteiger partial charge in [0.15, 0.2) is 12.0 Å². The van der Waals surface area contributed by atoms with E-state index in [1.807, 2.05) is 12.1 Å². The van der Waals surface area contributed by atoms with Crippen molar-refractivity contribution in [1.82, 2.24) is 0 Å². The lowest BCUT2D eigenvalue weighted by Gasteiger charge is -2.29. The van der Waals surface area contributed by atoms with Crippen LogP contribution in [0.1, 0.15) is 10.6 Å². The Balaban J connectivity index is 1.88. The van der Waals surface area contributed by atoms with Crippen LogP contribution in [0.4, 0.5) is 5.69 Å². The average Bonchev–Trinajstić information content (AvgIpc) is 2.97. The van der Waals surface area contributed by atoms with E-state index in [9.17, 15) is 4.79 Å². The van der Waals surface area contributed by atoms with Gasteiger partial charge in [-0.15, -0.1) is 0 Å². The molecule has 2 heterocycles. The Labute approximate surface area is 125 Å². The molecule has 0 unspecified atom stereocenters. The molecule has 4 nitrogen and oxygen atoms in total. The molecule has 0 radical (unpaired) electrons. The first kappa shape index (κ1) is 13.4. The molecular weight excluding hydrogens is 322 g/mol. The minimum absolute atomic E-state index is 0.341. The van der Waals surface area contributed by atoms with Crippen molar-refractivity contribution in [2.45, 2.75) is 0 Å². The van der Waals surface area contributed by atoms with Crippen LogP contribution in [0.15, 0.2) is 39.2 Å². The van der Waals surface area contributed by atoms with Gasteiger partial charge in [0.1, 0.15) is 5.76 Å². The Bertz CT molecular complexity index is 617. The highest BCUT2D eigenvalue weighted by molar-refractivity contribution is 9.10. The van der Waals surface area contributed by atoms with Crippen molar-refractivity contribution in [1.29, 1.82) is 0 Å². The monoisotopic (exact) mass is 335 g/mol. The van der Waals surface area contributed by atoms with Crippen molar-refractivity contribution in [3.8, 4) is 11.3 Å². The van der Waals surface area contributed by atoms with Crippen LogP contribution in [-0.2, 0) is 4.74 Å². The Kier molecular flexibility index (Phi) is 3.89. The standard InChI is InChI=1S/C15H14BrNO3/c16-13-9-11(15-4-2-12(10-18)20-15)1-3-14(13)17-5-7-19-8-6-17/h1-4,9-10H,5-8H2. The fourth-order valence-electron chi connectivity index (χ4n) is 2.29. The second-order valence-corrected chi connectivity index (χ2v) is 5.44. The molecule has 0 bridgehead atoms. The predicted molar refractivity (Wildman–Crippen MR) is 80.3 cm³/mol. The fraction of sp³-hybridized carbons (Fsp3) is 0.267. The molecule has 20 heavy (non-hydrogen) atoms. The fourth-order valence-corrected chi connectivity index (χ4v) is 2.92. The molecule has 1 aliphatic heterocycles.